The lowest BCUT2D eigenvalue weighted by atomic mass is 10.1. The molecule has 0 amide bonds. The highest BCUT2D eigenvalue weighted by atomic mass is 35.5. The zero-order chi connectivity index (χ0) is 13.7. The predicted molar refractivity (Wildman–Crippen MR) is 73.6 cm³/mol. The van der Waals surface area contributed by atoms with E-state index in [1.54, 1.807) is 4.68 Å². The Balaban J connectivity index is 1.80. The minimum Gasteiger partial charge on any atom is -0.481 e. The third kappa shape index (κ3) is 4.65. The molecule has 0 fully saturated rings. The normalized spacial score (nSPS) is 10.8. The molecule has 2 heterocycles. The van der Waals surface area contributed by atoms with Crippen LogP contribution < -0.4 is 0 Å². The second-order valence-electron chi connectivity index (χ2n) is 4.21. The van der Waals surface area contributed by atoms with Gasteiger partial charge in [0.1, 0.15) is 0 Å². The number of aliphatic carboxylic acids is 1. The van der Waals surface area contributed by atoms with E-state index in [0.29, 0.717) is 13.0 Å². The van der Waals surface area contributed by atoms with E-state index in [4.69, 9.17) is 16.7 Å². The summed E-state index contributed by atoms with van der Waals surface area (Å²) in [6.07, 6.45) is 4.35. The van der Waals surface area contributed by atoms with Crippen molar-refractivity contribution in [3.63, 3.8) is 0 Å². The number of carboxylic acid groups (broad SMARTS) is 1. The quantitative estimate of drug-likeness (QED) is 0.798. The minimum absolute atomic E-state index is 0.210. The molecule has 2 aromatic heterocycles. The van der Waals surface area contributed by atoms with Crippen molar-refractivity contribution in [2.24, 2.45) is 0 Å². The van der Waals surface area contributed by atoms with Crippen LogP contribution in [0.1, 0.15) is 29.8 Å². The first-order valence-corrected chi connectivity index (χ1v) is 7.18. The van der Waals surface area contributed by atoms with Crippen molar-refractivity contribution in [1.29, 1.82) is 0 Å². The average molecular weight is 300 g/mol. The van der Waals surface area contributed by atoms with Crippen LogP contribution in [0.25, 0.3) is 0 Å². The highest BCUT2D eigenvalue weighted by Gasteiger charge is 2.04. The van der Waals surface area contributed by atoms with Crippen molar-refractivity contribution in [2.45, 2.75) is 32.2 Å². The average Bonchev–Trinajstić information content (AvgIpc) is 2.95. The van der Waals surface area contributed by atoms with Crippen molar-refractivity contribution in [3.05, 3.63) is 33.2 Å². The van der Waals surface area contributed by atoms with Crippen LogP contribution in [0.2, 0.25) is 4.34 Å². The summed E-state index contributed by atoms with van der Waals surface area (Å²) in [6.45, 7) is 0.666. The molecule has 0 spiro atoms. The maximum Gasteiger partial charge on any atom is 0.303 e. The lowest BCUT2D eigenvalue weighted by Crippen LogP contribution is -1.98. The summed E-state index contributed by atoms with van der Waals surface area (Å²) in [5, 5.41) is 16.7. The molecule has 0 aliphatic rings. The summed E-state index contributed by atoms with van der Waals surface area (Å²) in [7, 11) is 0. The molecule has 0 bridgehead atoms. The molecular formula is C12H14ClN3O2S. The molecule has 2 aromatic rings. The van der Waals surface area contributed by atoms with Crippen molar-refractivity contribution >= 4 is 28.9 Å². The third-order valence-electron chi connectivity index (χ3n) is 2.61. The van der Waals surface area contributed by atoms with Gasteiger partial charge in [-0.15, -0.1) is 16.4 Å². The first-order valence-electron chi connectivity index (χ1n) is 5.98. The molecule has 0 saturated carbocycles. The fourth-order valence-corrected chi connectivity index (χ4v) is 2.79. The van der Waals surface area contributed by atoms with Gasteiger partial charge in [0.2, 0.25) is 0 Å². The summed E-state index contributed by atoms with van der Waals surface area (Å²) in [5.74, 6) is -0.752. The Bertz CT molecular complexity index is 553. The van der Waals surface area contributed by atoms with Gasteiger partial charge in [0.25, 0.3) is 0 Å². The summed E-state index contributed by atoms with van der Waals surface area (Å²) in [5.41, 5.74) is 0.896. The number of rotatable bonds is 7. The van der Waals surface area contributed by atoms with Crippen molar-refractivity contribution in [3.8, 4) is 0 Å². The first kappa shape index (κ1) is 14.0. The molecule has 0 atom stereocenters. The Kier molecular flexibility index (Phi) is 4.93. The monoisotopic (exact) mass is 299 g/mol. The number of hydrogen-bond donors (Lipinski definition) is 1. The Hall–Kier alpha value is -1.40. The van der Waals surface area contributed by atoms with Gasteiger partial charge >= 0.3 is 5.97 Å². The van der Waals surface area contributed by atoms with E-state index >= 15 is 0 Å². The van der Waals surface area contributed by atoms with Gasteiger partial charge in [-0.05, 0) is 31.4 Å². The van der Waals surface area contributed by atoms with E-state index in [-0.39, 0.29) is 6.42 Å². The summed E-state index contributed by atoms with van der Waals surface area (Å²) >= 11 is 7.40. The van der Waals surface area contributed by atoms with Crippen LogP contribution in [0, 0.1) is 0 Å². The number of carboxylic acids is 1. The van der Waals surface area contributed by atoms with Gasteiger partial charge in [-0.3, -0.25) is 4.79 Å². The topological polar surface area (TPSA) is 68.0 Å². The molecule has 0 unspecified atom stereocenters. The highest BCUT2D eigenvalue weighted by molar-refractivity contribution is 7.16. The van der Waals surface area contributed by atoms with Gasteiger partial charge in [-0.25, -0.2) is 4.68 Å². The molecule has 0 radical (unpaired) electrons. The fraction of sp³-hybridized carbons (Fsp3) is 0.417. The summed E-state index contributed by atoms with van der Waals surface area (Å²) in [6, 6.07) is 3.84. The minimum atomic E-state index is -0.752. The lowest BCUT2D eigenvalue weighted by Gasteiger charge is -1.96. The number of aromatic nitrogens is 3. The smallest absolute Gasteiger partial charge is 0.303 e. The Morgan fingerprint density at radius 3 is 2.95 bits per heavy atom. The number of thiophene rings is 1. The zero-order valence-electron chi connectivity index (χ0n) is 10.3. The van der Waals surface area contributed by atoms with Crippen molar-refractivity contribution in [2.75, 3.05) is 0 Å². The number of unbranched alkanes of at least 4 members (excludes halogenated alkanes) is 1. The zero-order valence-corrected chi connectivity index (χ0v) is 11.8. The Labute approximate surface area is 119 Å². The van der Waals surface area contributed by atoms with E-state index in [1.807, 2.05) is 18.3 Å². The SMILES string of the molecule is O=C(O)CCCCc1cn(Cc2ccc(Cl)s2)nn1. The number of carbonyl (C=O) groups is 1. The molecule has 19 heavy (non-hydrogen) atoms. The molecular weight excluding hydrogens is 286 g/mol. The lowest BCUT2D eigenvalue weighted by molar-refractivity contribution is -0.137. The maximum atomic E-state index is 10.4. The summed E-state index contributed by atoms with van der Waals surface area (Å²) < 4.78 is 2.54. The molecule has 0 aliphatic heterocycles. The molecule has 2 rings (SSSR count). The molecule has 0 aromatic carbocycles. The molecule has 7 heteroatoms. The van der Waals surface area contributed by atoms with Crippen LogP contribution in [-0.2, 0) is 17.8 Å². The number of halogens is 1. The van der Waals surface area contributed by atoms with Gasteiger partial charge in [0.05, 0.1) is 16.6 Å². The Morgan fingerprint density at radius 1 is 1.42 bits per heavy atom. The van der Waals surface area contributed by atoms with Gasteiger partial charge in [-0.2, -0.15) is 0 Å². The van der Waals surface area contributed by atoms with E-state index in [2.05, 4.69) is 10.3 Å². The molecule has 0 aliphatic carbocycles. The van der Waals surface area contributed by atoms with Crippen LogP contribution in [0.5, 0.6) is 0 Å². The molecule has 1 N–H and O–H groups in total. The molecule has 0 saturated heterocycles. The van der Waals surface area contributed by atoms with E-state index < -0.39 is 5.97 Å². The maximum absolute atomic E-state index is 10.4. The number of nitrogens with zero attached hydrogens (tertiary/aromatic N) is 3. The molecule has 5 nitrogen and oxygen atoms in total. The number of hydrogen-bond acceptors (Lipinski definition) is 4. The summed E-state index contributed by atoms with van der Waals surface area (Å²) in [4.78, 5) is 11.5. The predicted octanol–water partition coefficient (Wildman–Crippen LogP) is 2.84. The largest absolute Gasteiger partial charge is 0.481 e. The van der Waals surface area contributed by atoms with E-state index in [9.17, 15) is 4.79 Å². The van der Waals surface area contributed by atoms with Gasteiger partial charge in [-0.1, -0.05) is 16.8 Å². The van der Waals surface area contributed by atoms with Gasteiger partial charge in [0.15, 0.2) is 0 Å². The second kappa shape index (κ2) is 6.68. The second-order valence-corrected chi connectivity index (χ2v) is 6.01. The van der Waals surface area contributed by atoms with Crippen LogP contribution >= 0.6 is 22.9 Å². The van der Waals surface area contributed by atoms with Gasteiger partial charge in [0, 0.05) is 17.5 Å². The van der Waals surface area contributed by atoms with E-state index in [1.165, 1.54) is 11.3 Å². The molecule has 102 valence electrons. The van der Waals surface area contributed by atoms with Crippen LogP contribution in [0.4, 0.5) is 0 Å². The van der Waals surface area contributed by atoms with E-state index in [0.717, 1.165) is 27.7 Å². The van der Waals surface area contributed by atoms with Crippen molar-refractivity contribution in [1.82, 2.24) is 15.0 Å². The highest BCUT2D eigenvalue weighted by Crippen LogP contribution is 2.21. The van der Waals surface area contributed by atoms with Crippen LogP contribution in [0.15, 0.2) is 18.3 Å². The van der Waals surface area contributed by atoms with Crippen LogP contribution in [-0.4, -0.2) is 26.1 Å². The standard InChI is InChI=1S/C12H14ClN3O2S/c13-11-6-5-10(19-11)8-16-7-9(14-15-16)3-1-2-4-12(17)18/h5-7H,1-4,8H2,(H,17,18). The van der Waals surface area contributed by atoms with Crippen LogP contribution in [0.3, 0.4) is 0 Å². The fourth-order valence-electron chi connectivity index (χ4n) is 1.71. The number of aryl methyl sites for hydroxylation is 1. The third-order valence-corrected chi connectivity index (χ3v) is 3.82. The Morgan fingerprint density at radius 2 is 2.26 bits per heavy atom. The first-order chi connectivity index (χ1) is 9.13. The van der Waals surface area contributed by atoms with Crippen molar-refractivity contribution < 1.29 is 9.90 Å². The van der Waals surface area contributed by atoms with Gasteiger partial charge < -0.3 is 5.11 Å².